The Bertz CT molecular complexity index is 1020. The summed E-state index contributed by atoms with van der Waals surface area (Å²) in [5.41, 5.74) is 4.31. The molecule has 0 bridgehead atoms. The molecule has 0 radical (unpaired) electrons. The lowest BCUT2D eigenvalue weighted by Gasteiger charge is -2.27. The van der Waals surface area contributed by atoms with Crippen LogP contribution in [0.25, 0.3) is 0 Å². The summed E-state index contributed by atoms with van der Waals surface area (Å²) in [6.07, 6.45) is 3.67. The van der Waals surface area contributed by atoms with Crippen molar-refractivity contribution in [2.24, 2.45) is 0 Å². The van der Waals surface area contributed by atoms with E-state index in [1.807, 2.05) is 19.1 Å². The van der Waals surface area contributed by atoms with Gasteiger partial charge in [-0.15, -0.1) is 0 Å². The molecule has 5 nitrogen and oxygen atoms in total. The number of para-hydroxylation sites is 1. The highest BCUT2D eigenvalue weighted by Gasteiger charge is 2.30. The van der Waals surface area contributed by atoms with Crippen LogP contribution in [0.1, 0.15) is 46.3 Å². The van der Waals surface area contributed by atoms with Crippen LogP contribution in [0.4, 0.5) is 5.69 Å². The number of benzene rings is 2. The highest BCUT2D eigenvalue weighted by molar-refractivity contribution is 7.89. The maximum atomic E-state index is 13.2. The van der Waals surface area contributed by atoms with Crippen molar-refractivity contribution in [3.05, 3.63) is 58.7 Å². The fourth-order valence-corrected chi connectivity index (χ4v) is 6.03. The lowest BCUT2D eigenvalue weighted by molar-refractivity contribution is 0.0989. The molecule has 2 heterocycles. The van der Waals surface area contributed by atoms with Crippen molar-refractivity contribution in [2.75, 3.05) is 24.5 Å². The summed E-state index contributed by atoms with van der Waals surface area (Å²) in [6, 6.07) is 11.1. The number of nitrogens with zero attached hydrogens (tertiary/aromatic N) is 2. The minimum Gasteiger partial charge on any atom is -0.307 e. The van der Waals surface area contributed by atoms with Crippen molar-refractivity contribution in [1.29, 1.82) is 0 Å². The molecule has 0 aliphatic carbocycles. The number of rotatable bonds is 3. The molecule has 6 heteroatoms. The van der Waals surface area contributed by atoms with Crippen LogP contribution in [0, 0.1) is 13.8 Å². The SMILES string of the molecule is Cc1ccc(C(=O)N2CCc3cccc(C)c32)cc1S(=O)(=O)N1CCCCC1. The highest BCUT2D eigenvalue weighted by atomic mass is 32.2. The molecule has 0 saturated carbocycles. The number of hydrogen-bond acceptors (Lipinski definition) is 3. The third kappa shape index (κ3) is 3.25. The molecule has 2 aromatic rings. The molecule has 1 saturated heterocycles. The van der Waals surface area contributed by atoms with E-state index in [1.54, 1.807) is 34.3 Å². The van der Waals surface area contributed by atoms with Gasteiger partial charge in [-0.3, -0.25) is 4.79 Å². The van der Waals surface area contributed by atoms with Gasteiger partial charge in [0.1, 0.15) is 0 Å². The van der Waals surface area contributed by atoms with Gasteiger partial charge in [0.25, 0.3) is 5.91 Å². The van der Waals surface area contributed by atoms with Gasteiger partial charge in [-0.1, -0.05) is 30.7 Å². The minimum absolute atomic E-state index is 0.136. The summed E-state index contributed by atoms with van der Waals surface area (Å²) in [4.78, 5) is 15.3. The number of piperidine rings is 1. The maximum Gasteiger partial charge on any atom is 0.258 e. The summed E-state index contributed by atoms with van der Waals surface area (Å²) < 4.78 is 27.9. The second-order valence-electron chi connectivity index (χ2n) is 7.73. The number of anilines is 1. The van der Waals surface area contributed by atoms with Crippen LogP contribution in [0.2, 0.25) is 0 Å². The molecular formula is C22H26N2O3S. The van der Waals surface area contributed by atoms with E-state index >= 15 is 0 Å². The van der Waals surface area contributed by atoms with E-state index in [2.05, 4.69) is 6.07 Å². The first-order valence-electron chi connectivity index (χ1n) is 9.91. The molecular weight excluding hydrogens is 372 g/mol. The Kier molecular flexibility index (Phi) is 5.02. The predicted molar refractivity (Wildman–Crippen MR) is 110 cm³/mol. The van der Waals surface area contributed by atoms with Crippen LogP contribution in [0.15, 0.2) is 41.3 Å². The lowest BCUT2D eigenvalue weighted by Crippen LogP contribution is -2.36. The van der Waals surface area contributed by atoms with Gasteiger partial charge in [0, 0.05) is 25.2 Å². The second kappa shape index (κ2) is 7.33. The molecule has 1 fully saturated rings. The zero-order valence-electron chi connectivity index (χ0n) is 16.4. The van der Waals surface area contributed by atoms with Crippen molar-refractivity contribution in [3.8, 4) is 0 Å². The van der Waals surface area contributed by atoms with Gasteiger partial charge in [0.05, 0.1) is 10.6 Å². The fraction of sp³-hybridized carbons (Fsp3) is 0.409. The molecule has 2 aromatic carbocycles. The Balaban J connectivity index is 1.69. The highest BCUT2D eigenvalue weighted by Crippen LogP contribution is 2.33. The molecule has 0 atom stereocenters. The molecule has 2 aliphatic heterocycles. The third-order valence-corrected chi connectivity index (χ3v) is 7.85. The van der Waals surface area contributed by atoms with Gasteiger partial charge < -0.3 is 4.90 Å². The second-order valence-corrected chi connectivity index (χ2v) is 9.64. The zero-order valence-corrected chi connectivity index (χ0v) is 17.3. The molecule has 0 N–H and O–H groups in total. The van der Waals surface area contributed by atoms with E-state index in [0.29, 0.717) is 30.8 Å². The van der Waals surface area contributed by atoms with Crippen LogP contribution in [0.5, 0.6) is 0 Å². The van der Waals surface area contributed by atoms with Crippen molar-refractivity contribution in [1.82, 2.24) is 4.31 Å². The van der Waals surface area contributed by atoms with Gasteiger partial charge >= 0.3 is 0 Å². The minimum atomic E-state index is -3.58. The Morgan fingerprint density at radius 3 is 2.43 bits per heavy atom. The van der Waals surface area contributed by atoms with Crippen LogP contribution < -0.4 is 4.90 Å². The van der Waals surface area contributed by atoms with Crippen LogP contribution in [-0.4, -0.2) is 38.3 Å². The van der Waals surface area contributed by atoms with Gasteiger partial charge in [-0.25, -0.2) is 8.42 Å². The third-order valence-electron chi connectivity index (χ3n) is 5.81. The summed E-state index contributed by atoms with van der Waals surface area (Å²) in [6.45, 7) is 5.53. The Morgan fingerprint density at radius 1 is 0.929 bits per heavy atom. The topological polar surface area (TPSA) is 57.7 Å². The van der Waals surface area contributed by atoms with Crippen LogP contribution in [0.3, 0.4) is 0 Å². The van der Waals surface area contributed by atoms with E-state index in [0.717, 1.165) is 36.9 Å². The molecule has 0 unspecified atom stereocenters. The van der Waals surface area contributed by atoms with E-state index in [9.17, 15) is 13.2 Å². The zero-order chi connectivity index (χ0) is 19.9. The van der Waals surface area contributed by atoms with Gasteiger partial charge in [-0.05, 0) is 61.9 Å². The van der Waals surface area contributed by atoms with E-state index in [-0.39, 0.29) is 10.8 Å². The quantitative estimate of drug-likeness (QED) is 0.792. The molecule has 2 aliphatic rings. The number of aryl methyl sites for hydroxylation is 2. The number of hydrogen-bond donors (Lipinski definition) is 0. The summed E-state index contributed by atoms with van der Waals surface area (Å²) in [5.74, 6) is -0.136. The number of fused-ring (bicyclic) bond motifs is 1. The fourth-order valence-electron chi connectivity index (χ4n) is 4.27. The van der Waals surface area contributed by atoms with Gasteiger partial charge in [-0.2, -0.15) is 4.31 Å². The van der Waals surface area contributed by atoms with Crippen LogP contribution >= 0.6 is 0 Å². The molecule has 0 spiro atoms. The standard InChI is InChI=1S/C22H26N2O3S/c1-16-9-10-19(15-20(16)28(26,27)23-12-4-3-5-13-23)22(25)24-14-11-18-8-6-7-17(2)21(18)24/h6-10,15H,3-5,11-14H2,1-2H3. The van der Waals surface area contributed by atoms with Crippen molar-refractivity contribution < 1.29 is 13.2 Å². The van der Waals surface area contributed by atoms with Crippen LogP contribution in [-0.2, 0) is 16.4 Å². The van der Waals surface area contributed by atoms with E-state index in [1.165, 1.54) is 5.56 Å². The van der Waals surface area contributed by atoms with Crippen molar-refractivity contribution >= 4 is 21.6 Å². The number of carbonyl (C=O) groups excluding carboxylic acids is 1. The predicted octanol–water partition coefficient (Wildman–Crippen LogP) is 3.68. The summed E-state index contributed by atoms with van der Waals surface area (Å²) >= 11 is 0. The first kappa shape index (κ1) is 19.2. The molecule has 4 rings (SSSR count). The Labute approximate surface area is 167 Å². The summed E-state index contributed by atoms with van der Waals surface area (Å²) in [7, 11) is -3.58. The van der Waals surface area contributed by atoms with Gasteiger partial charge in [0.15, 0.2) is 0 Å². The van der Waals surface area contributed by atoms with E-state index in [4.69, 9.17) is 0 Å². The Hall–Kier alpha value is -2.18. The van der Waals surface area contributed by atoms with Crippen molar-refractivity contribution in [2.45, 2.75) is 44.4 Å². The first-order chi connectivity index (χ1) is 13.4. The lowest BCUT2D eigenvalue weighted by atomic mass is 10.1. The van der Waals surface area contributed by atoms with E-state index < -0.39 is 10.0 Å². The Morgan fingerprint density at radius 2 is 1.68 bits per heavy atom. The van der Waals surface area contributed by atoms with Gasteiger partial charge in [0.2, 0.25) is 10.0 Å². The monoisotopic (exact) mass is 398 g/mol. The molecule has 28 heavy (non-hydrogen) atoms. The summed E-state index contributed by atoms with van der Waals surface area (Å²) in [5, 5.41) is 0. The molecule has 0 aromatic heterocycles. The maximum absolute atomic E-state index is 13.2. The first-order valence-corrected chi connectivity index (χ1v) is 11.3. The number of amides is 1. The molecule has 148 valence electrons. The average molecular weight is 399 g/mol. The largest absolute Gasteiger partial charge is 0.307 e. The normalized spacial score (nSPS) is 17.6. The van der Waals surface area contributed by atoms with Crippen molar-refractivity contribution in [3.63, 3.8) is 0 Å². The number of sulfonamides is 1. The average Bonchev–Trinajstić information content (AvgIpc) is 3.14. The molecule has 1 amide bonds. The number of carbonyl (C=O) groups is 1. The smallest absolute Gasteiger partial charge is 0.258 e.